The number of thioether (sulfide) groups is 1. The maximum Gasteiger partial charge on any atom is 0.221 e. The van der Waals surface area contributed by atoms with Gasteiger partial charge in [-0.25, -0.2) is 4.98 Å². The van der Waals surface area contributed by atoms with Gasteiger partial charge in [-0.1, -0.05) is 29.8 Å². The molecule has 27 heavy (non-hydrogen) atoms. The van der Waals surface area contributed by atoms with Gasteiger partial charge in [-0.05, 0) is 49.6 Å². The Morgan fingerprint density at radius 1 is 1.15 bits per heavy atom. The number of carbonyl (C=O) groups excluding carboxylic acids is 1. The number of anilines is 1. The summed E-state index contributed by atoms with van der Waals surface area (Å²) in [6.45, 7) is 4.56. The molecule has 0 aliphatic rings. The summed E-state index contributed by atoms with van der Waals surface area (Å²) in [6.07, 6.45) is 7.85. The van der Waals surface area contributed by atoms with Crippen molar-refractivity contribution < 1.29 is 4.79 Å². The number of aryl methyl sites for hydroxylation is 2. The number of hydrogen-bond donors (Lipinski definition) is 1. The van der Waals surface area contributed by atoms with Gasteiger partial charge < -0.3 is 9.88 Å². The lowest BCUT2D eigenvalue weighted by atomic mass is 10.1. The molecule has 2 aromatic carbocycles. The summed E-state index contributed by atoms with van der Waals surface area (Å²) in [5, 5.41) is 3.25. The molecule has 0 bridgehead atoms. The Balaban J connectivity index is 1.65. The Bertz CT molecular complexity index is 842. The fraction of sp³-hybridized carbons (Fsp3) is 0.273. The summed E-state index contributed by atoms with van der Waals surface area (Å²) in [4.78, 5) is 16.5. The molecular weight excluding hydrogens is 354 g/mol. The van der Waals surface area contributed by atoms with Gasteiger partial charge in [0.05, 0.1) is 6.33 Å². The first kappa shape index (κ1) is 19.2. The van der Waals surface area contributed by atoms with Gasteiger partial charge in [-0.3, -0.25) is 4.79 Å². The number of benzene rings is 2. The summed E-state index contributed by atoms with van der Waals surface area (Å²) in [6, 6.07) is 16.8. The molecule has 1 heterocycles. The Morgan fingerprint density at radius 3 is 2.52 bits per heavy atom. The van der Waals surface area contributed by atoms with E-state index in [1.807, 2.05) is 42.6 Å². The molecule has 1 unspecified atom stereocenters. The molecule has 1 N–H and O–H groups in total. The SMILES string of the molecule is CC(=O)Nc1ccc(SC(CCc2ccc(C)cc2)Cn2ccnc2)cc1. The number of carbonyl (C=O) groups is 1. The van der Waals surface area contributed by atoms with E-state index in [-0.39, 0.29) is 5.91 Å². The van der Waals surface area contributed by atoms with E-state index in [4.69, 9.17) is 0 Å². The Hall–Kier alpha value is -2.53. The number of rotatable bonds is 8. The number of nitrogens with zero attached hydrogens (tertiary/aromatic N) is 2. The first-order valence-corrected chi connectivity index (χ1v) is 10.0. The number of nitrogens with one attached hydrogen (secondary N) is 1. The van der Waals surface area contributed by atoms with Crippen LogP contribution in [0.4, 0.5) is 5.69 Å². The average Bonchev–Trinajstić information content (AvgIpc) is 3.15. The molecule has 0 saturated heterocycles. The van der Waals surface area contributed by atoms with Crippen molar-refractivity contribution >= 4 is 23.4 Å². The molecule has 0 radical (unpaired) electrons. The molecule has 0 fully saturated rings. The molecule has 1 atom stereocenters. The van der Waals surface area contributed by atoms with Gasteiger partial charge in [0.15, 0.2) is 0 Å². The number of aromatic nitrogens is 2. The van der Waals surface area contributed by atoms with Gasteiger partial charge in [-0.15, -0.1) is 11.8 Å². The second-order valence-corrected chi connectivity index (χ2v) is 8.10. The van der Waals surface area contributed by atoms with Crippen LogP contribution in [0.3, 0.4) is 0 Å². The molecule has 140 valence electrons. The molecule has 1 amide bonds. The highest BCUT2D eigenvalue weighted by Gasteiger charge is 2.12. The normalized spacial score (nSPS) is 11.9. The van der Waals surface area contributed by atoms with Crippen LogP contribution in [0.15, 0.2) is 72.1 Å². The molecule has 0 spiro atoms. The first-order valence-electron chi connectivity index (χ1n) is 9.14. The largest absolute Gasteiger partial charge is 0.336 e. The van der Waals surface area contributed by atoms with Crippen LogP contribution in [0.5, 0.6) is 0 Å². The molecule has 3 aromatic rings. The van der Waals surface area contributed by atoms with Gasteiger partial charge >= 0.3 is 0 Å². The smallest absolute Gasteiger partial charge is 0.221 e. The van der Waals surface area contributed by atoms with Gasteiger partial charge in [0, 0.05) is 41.7 Å². The number of amides is 1. The van der Waals surface area contributed by atoms with Crippen molar-refractivity contribution in [2.24, 2.45) is 0 Å². The van der Waals surface area contributed by atoms with Gasteiger partial charge in [0.1, 0.15) is 0 Å². The van der Waals surface area contributed by atoms with Crippen LogP contribution in [-0.4, -0.2) is 20.7 Å². The van der Waals surface area contributed by atoms with E-state index in [1.165, 1.54) is 22.9 Å². The van der Waals surface area contributed by atoms with Crippen molar-refractivity contribution in [3.63, 3.8) is 0 Å². The molecular formula is C22H25N3OS. The van der Waals surface area contributed by atoms with Crippen LogP contribution in [0.25, 0.3) is 0 Å². The van der Waals surface area contributed by atoms with E-state index < -0.39 is 0 Å². The number of imidazole rings is 1. The van der Waals surface area contributed by atoms with Crippen molar-refractivity contribution in [3.8, 4) is 0 Å². The molecule has 3 rings (SSSR count). The van der Waals surface area contributed by atoms with Crippen LogP contribution in [-0.2, 0) is 17.8 Å². The maximum atomic E-state index is 11.2. The first-order chi connectivity index (χ1) is 13.1. The summed E-state index contributed by atoms with van der Waals surface area (Å²) >= 11 is 1.88. The van der Waals surface area contributed by atoms with E-state index >= 15 is 0 Å². The van der Waals surface area contributed by atoms with Crippen molar-refractivity contribution in [1.82, 2.24) is 9.55 Å². The lowest BCUT2D eigenvalue weighted by Gasteiger charge is -2.18. The lowest BCUT2D eigenvalue weighted by Crippen LogP contribution is -2.13. The predicted molar refractivity (Wildman–Crippen MR) is 112 cm³/mol. The Labute approximate surface area is 165 Å². The third-order valence-corrected chi connectivity index (χ3v) is 5.59. The van der Waals surface area contributed by atoms with Crippen LogP contribution in [0.1, 0.15) is 24.5 Å². The average molecular weight is 380 g/mol. The van der Waals surface area contributed by atoms with Crippen molar-refractivity contribution in [1.29, 1.82) is 0 Å². The van der Waals surface area contributed by atoms with E-state index in [9.17, 15) is 4.79 Å². The van der Waals surface area contributed by atoms with Crippen molar-refractivity contribution in [3.05, 3.63) is 78.4 Å². The topological polar surface area (TPSA) is 46.9 Å². The van der Waals surface area contributed by atoms with E-state index in [0.29, 0.717) is 5.25 Å². The highest BCUT2D eigenvalue weighted by molar-refractivity contribution is 8.00. The van der Waals surface area contributed by atoms with Crippen LogP contribution >= 0.6 is 11.8 Å². The van der Waals surface area contributed by atoms with Crippen LogP contribution < -0.4 is 5.32 Å². The third kappa shape index (κ3) is 6.29. The van der Waals surface area contributed by atoms with Gasteiger partial charge in [-0.2, -0.15) is 0 Å². The second kappa shape index (κ2) is 9.42. The molecule has 0 aliphatic carbocycles. The van der Waals surface area contributed by atoms with E-state index in [0.717, 1.165) is 25.1 Å². The van der Waals surface area contributed by atoms with Crippen LogP contribution in [0, 0.1) is 6.92 Å². The third-order valence-electron chi connectivity index (χ3n) is 4.33. The highest BCUT2D eigenvalue weighted by atomic mass is 32.2. The molecule has 1 aromatic heterocycles. The summed E-state index contributed by atoms with van der Waals surface area (Å²) in [7, 11) is 0. The highest BCUT2D eigenvalue weighted by Crippen LogP contribution is 2.29. The minimum atomic E-state index is -0.0496. The lowest BCUT2D eigenvalue weighted by molar-refractivity contribution is -0.114. The fourth-order valence-corrected chi connectivity index (χ4v) is 4.07. The fourth-order valence-electron chi connectivity index (χ4n) is 2.91. The quantitative estimate of drug-likeness (QED) is 0.564. The van der Waals surface area contributed by atoms with E-state index in [2.05, 4.69) is 58.2 Å². The van der Waals surface area contributed by atoms with Gasteiger partial charge in [0.2, 0.25) is 5.91 Å². The van der Waals surface area contributed by atoms with E-state index in [1.54, 1.807) is 0 Å². The predicted octanol–water partition coefficient (Wildman–Crippen LogP) is 4.94. The minimum absolute atomic E-state index is 0.0496. The Morgan fingerprint density at radius 2 is 1.89 bits per heavy atom. The summed E-state index contributed by atoms with van der Waals surface area (Å²) in [5.41, 5.74) is 3.50. The maximum absolute atomic E-state index is 11.2. The summed E-state index contributed by atoms with van der Waals surface area (Å²) < 4.78 is 2.14. The molecule has 5 heteroatoms. The van der Waals surface area contributed by atoms with Crippen LogP contribution in [0.2, 0.25) is 0 Å². The standard InChI is InChI=1S/C22H25N3OS/c1-17-3-5-19(6-4-17)7-10-22(15-25-14-13-23-16-25)27-21-11-8-20(9-12-21)24-18(2)26/h3-6,8-9,11-14,16,22H,7,10,15H2,1-2H3,(H,24,26). The zero-order chi connectivity index (χ0) is 19.1. The second-order valence-electron chi connectivity index (χ2n) is 6.73. The zero-order valence-corrected chi connectivity index (χ0v) is 16.6. The molecule has 0 aliphatic heterocycles. The summed E-state index contributed by atoms with van der Waals surface area (Å²) in [5.74, 6) is -0.0496. The zero-order valence-electron chi connectivity index (χ0n) is 15.8. The van der Waals surface area contributed by atoms with Crippen molar-refractivity contribution in [2.75, 3.05) is 5.32 Å². The molecule has 4 nitrogen and oxygen atoms in total. The Kier molecular flexibility index (Phi) is 6.71. The monoisotopic (exact) mass is 379 g/mol. The number of hydrogen-bond acceptors (Lipinski definition) is 3. The molecule has 0 saturated carbocycles. The van der Waals surface area contributed by atoms with Crippen molar-refractivity contribution in [2.45, 2.75) is 43.4 Å². The minimum Gasteiger partial charge on any atom is -0.336 e. The van der Waals surface area contributed by atoms with Gasteiger partial charge in [0.25, 0.3) is 0 Å².